The Morgan fingerprint density at radius 3 is 2.61 bits per heavy atom. The van der Waals surface area contributed by atoms with E-state index in [1.165, 1.54) is 0 Å². The fraction of sp³-hybridized carbons (Fsp3) is 0.409. The van der Waals surface area contributed by atoms with Crippen molar-refractivity contribution in [2.75, 3.05) is 25.9 Å². The van der Waals surface area contributed by atoms with Gasteiger partial charge in [-0.25, -0.2) is 0 Å². The lowest BCUT2D eigenvalue weighted by molar-refractivity contribution is -0.118. The number of piperidine rings is 1. The van der Waals surface area contributed by atoms with Gasteiger partial charge >= 0.3 is 0 Å². The number of hydrogen-bond donors (Lipinski definition) is 1. The molecule has 0 aliphatic carbocycles. The van der Waals surface area contributed by atoms with Crippen LogP contribution in [0.1, 0.15) is 24.0 Å². The largest absolute Gasteiger partial charge is 0.490 e. The highest BCUT2D eigenvalue weighted by Gasteiger charge is 2.17. The fourth-order valence-corrected chi connectivity index (χ4v) is 4.24. The van der Waals surface area contributed by atoms with Crippen LogP contribution in [-0.2, 0) is 17.1 Å². The Labute approximate surface area is 176 Å². The lowest BCUT2D eigenvalue weighted by atomic mass is 10.1. The minimum atomic E-state index is 0.0312. The van der Waals surface area contributed by atoms with Gasteiger partial charge in [-0.2, -0.15) is 0 Å². The lowest BCUT2D eigenvalue weighted by Gasteiger charge is -2.29. The van der Waals surface area contributed by atoms with Crippen molar-refractivity contribution in [3.8, 4) is 5.75 Å². The van der Waals surface area contributed by atoms with Crippen LogP contribution >= 0.6 is 23.4 Å². The van der Waals surface area contributed by atoms with Crippen LogP contribution in [0.2, 0.25) is 5.02 Å². The molecule has 2 aromatic rings. The van der Waals surface area contributed by atoms with Gasteiger partial charge in [0.15, 0.2) is 0 Å². The zero-order chi connectivity index (χ0) is 19.8. The summed E-state index contributed by atoms with van der Waals surface area (Å²) in [6, 6.07) is 15.7. The van der Waals surface area contributed by atoms with Gasteiger partial charge in [0.1, 0.15) is 11.9 Å². The number of hydrogen-bond acceptors (Lipinski definition) is 4. The average molecular weight is 419 g/mol. The van der Waals surface area contributed by atoms with Crippen LogP contribution in [0, 0.1) is 0 Å². The predicted molar refractivity (Wildman–Crippen MR) is 117 cm³/mol. The maximum atomic E-state index is 12.1. The molecule has 1 aliphatic heterocycles. The van der Waals surface area contributed by atoms with Crippen molar-refractivity contribution in [1.29, 1.82) is 0 Å². The molecule has 6 heteroatoms. The first kappa shape index (κ1) is 21.0. The molecule has 0 atom stereocenters. The van der Waals surface area contributed by atoms with E-state index in [2.05, 4.69) is 17.3 Å². The second-order valence-electron chi connectivity index (χ2n) is 7.13. The lowest BCUT2D eigenvalue weighted by Crippen LogP contribution is -2.35. The van der Waals surface area contributed by atoms with Crippen molar-refractivity contribution in [2.45, 2.75) is 31.2 Å². The summed E-state index contributed by atoms with van der Waals surface area (Å²) in [7, 11) is 2.15. The van der Waals surface area contributed by atoms with E-state index in [1.54, 1.807) is 11.8 Å². The summed E-state index contributed by atoms with van der Waals surface area (Å²) in [5, 5.41) is 3.71. The molecule has 0 radical (unpaired) electrons. The van der Waals surface area contributed by atoms with Crippen LogP contribution in [0.3, 0.4) is 0 Å². The number of nitrogens with zero attached hydrogens (tertiary/aromatic N) is 1. The first-order valence-electron chi connectivity index (χ1n) is 9.62. The monoisotopic (exact) mass is 418 g/mol. The van der Waals surface area contributed by atoms with Gasteiger partial charge in [-0.3, -0.25) is 4.79 Å². The Bertz CT molecular complexity index is 761. The zero-order valence-corrected chi connectivity index (χ0v) is 17.8. The third-order valence-electron chi connectivity index (χ3n) is 4.83. The molecule has 1 fully saturated rings. The second-order valence-corrected chi connectivity index (χ2v) is 8.52. The predicted octanol–water partition coefficient (Wildman–Crippen LogP) is 4.36. The molecule has 3 rings (SSSR count). The average Bonchev–Trinajstić information content (AvgIpc) is 2.71. The van der Waals surface area contributed by atoms with Crippen molar-refractivity contribution < 1.29 is 9.53 Å². The SMILES string of the molecule is CN1CCC(Oc2ccc(CNC(=O)CSCc3ccccc3Cl)cc2)CC1. The van der Waals surface area contributed by atoms with E-state index in [4.69, 9.17) is 16.3 Å². The Kier molecular flexibility index (Phi) is 8.07. The Hall–Kier alpha value is -1.69. The molecule has 1 aliphatic rings. The molecule has 1 N–H and O–H groups in total. The summed E-state index contributed by atoms with van der Waals surface area (Å²) in [6.45, 7) is 2.70. The first-order chi connectivity index (χ1) is 13.6. The topological polar surface area (TPSA) is 41.6 Å². The Morgan fingerprint density at radius 1 is 1.18 bits per heavy atom. The van der Waals surface area contributed by atoms with Crippen molar-refractivity contribution in [3.63, 3.8) is 0 Å². The molecular formula is C22H27ClN2O2S. The van der Waals surface area contributed by atoms with E-state index in [0.29, 0.717) is 18.4 Å². The summed E-state index contributed by atoms with van der Waals surface area (Å²) < 4.78 is 6.06. The number of rotatable bonds is 8. The van der Waals surface area contributed by atoms with Crippen LogP contribution in [0.25, 0.3) is 0 Å². The molecule has 1 amide bonds. The molecule has 1 heterocycles. The number of likely N-dealkylation sites (tertiary alicyclic amines) is 1. The van der Waals surface area contributed by atoms with Gasteiger partial charge in [0.05, 0.1) is 5.75 Å². The van der Waals surface area contributed by atoms with E-state index in [9.17, 15) is 4.79 Å². The smallest absolute Gasteiger partial charge is 0.230 e. The highest BCUT2D eigenvalue weighted by Crippen LogP contribution is 2.21. The molecule has 0 unspecified atom stereocenters. The maximum Gasteiger partial charge on any atom is 0.230 e. The summed E-state index contributed by atoms with van der Waals surface area (Å²) in [5.41, 5.74) is 2.13. The molecule has 150 valence electrons. The third-order valence-corrected chi connectivity index (χ3v) is 6.18. The zero-order valence-electron chi connectivity index (χ0n) is 16.2. The van der Waals surface area contributed by atoms with E-state index >= 15 is 0 Å². The summed E-state index contributed by atoms with van der Waals surface area (Å²) >= 11 is 7.70. The highest BCUT2D eigenvalue weighted by atomic mass is 35.5. The van der Waals surface area contributed by atoms with E-state index in [0.717, 1.165) is 53.6 Å². The number of benzene rings is 2. The summed E-state index contributed by atoms with van der Waals surface area (Å²) in [5.74, 6) is 2.09. The molecule has 0 aromatic heterocycles. The minimum absolute atomic E-state index is 0.0312. The van der Waals surface area contributed by atoms with E-state index in [1.807, 2.05) is 48.5 Å². The van der Waals surface area contributed by atoms with Crippen LogP contribution in [-0.4, -0.2) is 42.8 Å². The second kappa shape index (κ2) is 10.7. The van der Waals surface area contributed by atoms with Crippen molar-refractivity contribution in [2.24, 2.45) is 0 Å². The summed E-state index contributed by atoms with van der Waals surface area (Å²) in [6.07, 6.45) is 2.44. The number of thioether (sulfide) groups is 1. The molecule has 2 aromatic carbocycles. The molecule has 0 saturated carbocycles. The van der Waals surface area contributed by atoms with Crippen LogP contribution in [0.15, 0.2) is 48.5 Å². The standard InChI is InChI=1S/C22H27ClN2O2S/c1-25-12-10-20(11-13-25)27-19-8-6-17(7-9-19)14-24-22(26)16-28-15-18-4-2-3-5-21(18)23/h2-9,20H,10-16H2,1H3,(H,24,26). The normalized spacial score (nSPS) is 15.4. The maximum absolute atomic E-state index is 12.1. The van der Waals surface area contributed by atoms with Crippen molar-refractivity contribution >= 4 is 29.3 Å². The van der Waals surface area contributed by atoms with Crippen LogP contribution in [0.4, 0.5) is 0 Å². The van der Waals surface area contributed by atoms with Gasteiger partial charge in [-0.15, -0.1) is 11.8 Å². The van der Waals surface area contributed by atoms with Gasteiger partial charge in [0.2, 0.25) is 5.91 Å². The molecule has 0 spiro atoms. The molecular weight excluding hydrogens is 392 g/mol. The van der Waals surface area contributed by atoms with E-state index in [-0.39, 0.29) is 5.91 Å². The molecule has 0 bridgehead atoms. The van der Waals surface area contributed by atoms with Gasteiger partial charge in [0.25, 0.3) is 0 Å². The number of amides is 1. The highest BCUT2D eigenvalue weighted by molar-refractivity contribution is 7.99. The Balaban J connectivity index is 1.36. The van der Waals surface area contributed by atoms with Crippen molar-refractivity contribution in [1.82, 2.24) is 10.2 Å². The van der Waals surface area contributed by atoms with Gasteiger partial charge in [0, 0.05) is 30.4 Å². The minimum Gasteiger partial charge on any atom is -0.490 e. The van der Waals surface area contributed by atoms with Crippen molar-refractivity contribution in [3.05, 3.63) is 64.7 Å². The van der Waals surface area contributed by atoms with Crippen LogP contribution < -0.4 is 10.1 Å². The van der Waals surface area contributed by atoms with E-state index < -0.39 is 0 Å². The summed E-state index contributed by atoms with van der Waals surface area (Å²) in [4.78, 5) is 14.4. The number of carbonyl (C=O) groups excluding carboxylic acids is 1. The number of nitrogens with one attached hydrogen (secondary N) is 1. The molecule has 28 heavy (non-hydrogen) atoms. The van der Waals surface area contributed by atoms with Gasteiger partial charge in [-0.05, 0) is 49.2 Å². The number of halogens is 1. The molecule has 1 saturated heterocycles. The first-order valence-corrected chi connectivity index (χ1v) is 11.2. The number of carbonyl (C=O) groups is 1. The van der Waals surface area contributed by atoms with Crippen LogP contribution in [0.5, 0.6) is 5.75 Å². The Morgan fingerprint density at radius 2 is 1.89 bits per heavy atom. The quantitative estimate of drug-likeness (QED) is 0.691. The third kappa shape index (κ3) is 6.73. The molecule has 4 nitrogen and oxygen atoms in total. The fourth-order valence-electron chi connectivity index (χ4n) is 3.10. The van der Waals surface area contributed by atoms with Gasteiger partial charge < -0.3 is 15.0 Å². The number of ether oxygens (including phenoxy) is 1. The van der Waals surface area contributed by atoms with Gasteiger partial charge in [-0.1, -0.05) is 41.9 Å².